The van der Waals surface area contributed by atoms with Gasteiger partial charge in [-0.3, -0.25) is 0 Å². The van der Waals surface area contributed by atoms with Crippen molar-refractivity contribution in [3.8, 4) is 0 Å². The Morgan fingerprint density at radius 3 is 2.86 bits per heavy atom. The number of nitrogens with zero attached hydrogens (tertiary/aromatic N) is 1. The Labute approximate surface area is 85.3 Å². The van der Waals surface area contributed by atoms with Crippen molar-refractivity contribution >= 4 is 10.2 Å². The highest BCUT2D eigenvalue weighted by molar-refractivity contribution is 7.87. The zero-order valence-corrected chi connectivity index (χ0v) is 9.26. The first kappa shape index (κ1) is 11.9. The van der Waals surface area contributed by atoms with E-state index in [0.29, 0.717) is 13.0 Å². The monoisotopic (exact) mass is 222 g/mol. The molecule has 0 radical (unpaired) electrons. The van der Waals surface area contributed by atoms with Crippen LogP contribution in [-0.4, -0.2) is 44.1 Å². The van der Waals surface area contributed by atoms with Crippen LogP contribution >= 0.6 is 0 Å². The van der Waals surface area contributed by atoms with E-state index in [-0.39, 0.29) is 12.6 Å². The van der Waals surface area contributed by atoms with Gasteiger partial charge in [0.05, 0.1) is 0 Å². The van der Waals surface area contributed by atoms with Crippen LogP contribution in [0.15, 0.2) is 0 Å². The van der Waals surface area contributed by atoms with Crippen LogP contribution in [0.3, 0.4) is 0 Å². The average molecular weight is 222 g/mol. The Balaban J connectivity index is 2.59. The summed E-state index contributed by atoms with van der Waals surface area (Å²) >= 11 is 0. The highest BCUT2D eigenvalue weighted by Crippen LogP contribution is 2.23. The van der Waals surface area contributed by atoms with Gasteiger partial charge in [0, 0.05) is 26.2 Å². The summed E-state index contributed by atoms with van der Waals surface area (Å²) in [4.78, 5) is 0. The van der Waals surface area contributed by atoms with Crippen LogP contribution in [-0.2, 0) is 10.2 Å². The lowest BCUT2D eigenvalue weighted by molar-refractivity contribution is 0.263. The van der Waals surface area contributed by atoms with Crippen molar-refractivity contribution in [2.45, 2.75) is 31.7 Å². The lowest BCUT2D eigenvalue weighted by Crippen LogP contribution is -2.41. The van der Waals surface area contributed by atoms with E-state index in [0.717, 1.165) is 19.3 Å². The molecule has 1 rings (SSSR count). The molecule has 0 amide bonds. The van der Waals surface area contributed by atoms with Gasteiger partial charge in [-0.1, -0.05) is 0 Å². The SMILES string of the molecule is CNS(=O)(=O)N1CCCC1CCCO. The van der Waals surface area contributed by atoms with Gasteiger partial charge in [-0.15, -0.1) is 0 Å². The standard InChI is InChI=1S/C8H18N2O3S/c1-9-14(12,13)10-6-2-4-8(10)5-3-7-11/h8-9,11H,2-7H2,1H3. The summed E-state index contributed by atoms with van der Waals surface area (Å²) in [6, 6.07) is 0.0691. The fourth-order valence-corrected chi connectivity index (χ4v) is 3.07. The number of rotatable bonds is 5. The Hall–Kier alpha value is -0.170. The predicted molar refractivity (Wildman–Crippen MR) is 54.0 cm³/mol. The van der Waals surface area contributed by atoms with Crippen LogP contribution in [0.4, 0.5) is 0 Å². The molecule has 6 heteroatoms. The fraction of sp³-hybridized carbons (Fsp3) is 1.00. The minimum absolute atomic E-state index is 0.0691. The summed E-state index contributed by atoms with van der Waals surface area (Å²) < 4.78 is 26.9. The topological polar surface area (TPSA) is 69.6 Å². The molecule has 2 N–H and O–H groups in total. The van der Waals surface area contributed by atoms with E-state index < -0.39 is 10.2 Å². The van der Waals surface area contributed by atoms with Crippen LogP contribution in [0, 0.1) is 0 Å². The Morgan fingerprint density at radius 1 is 1.57 bits per heavy atom. The van der Waals surface area contributed by atoms with Crippen LogP contribution in [0.25, 0.3) is 0 Å². The van der Waals surface area contributed by atoms with Crippen molar-refractivity contribution in [2.75, 3.05) is 20.2 Å². The van der Waals surface area contributed by atoms with Crippen molar-refractivity contribution in [2.24, 2.45) is 0 Å². The molecular weight excluding hydrogens is 204 g/mol. The van der Waals surface area contributed by atoms with E-state index in [4.69, 9.17) is 5.11 Å². The van der Waals surface area contributed by atoms with E-state index in [2.05, 4.69) is 4.72 Å². The van der Waals surface area contributed by atoms with E-state index in [1.165, 1.54) is 11.4 Å². The van der Waals surface area contributed by atoms with E-state index in [1.807, 2.05) is 0 Å². The summed E-state index contributed by atoms with van der Waals surface area (Å²) in [5, 5.41) is 8.69. The highest BCUT2D eigenvalue weighted by atomic mass is 32.2. The maximum atomic E-state index is 11.5. The Kier molecular flexibility index (Phi) is 4.31. The molecule has 14 heavy (non-hydrogen) atoms. The molecule has 0 spiro atoms. The van der Waals surface area contributed by atoms with Crippen molar-refractivity contribution in [1.29, 1.82) is 0 Å². The Bertz CT molecular complexity index is 266. The van der Waals surface area contributed by atoms with Gasteiger partial charge in [0.15, 0.2) is 0 Å². The first-order valence-corrected chi connectivity index (χ1v) is 6.37. The second-order valence-electron chi connectivity index (χ2n) is 3.48. The molecule has 5 nitrogen and oxygen atoms in total. The van der Waals surface area contributed by atoms with Gasteiger partial charge in [0.25, 0.3) is 10.2 Å². The van der Waals surface area contributed by atoms with Crippen molar-refractivity contribution in [1.82, 2.24) is 9.03 Å². The number of aliphatic hydroxyl groups excluding tert-OH is 1. The minimum Gasteiger partial charge on any atom is -0.396 e. The summed E-state index contributed by atoms with van der Waals surface area (Å²) in [5.41, 5.74) is 0. The van der Waals surface area contributed by atoms with Crippen molar-refractivity contribution in [3.05, 3.63) is 0 Å². The average Bonchev–Trinajstić information content (AvgIpc) is 2.63. The normalized spacial score (nSPS) is 24.3. The first-order chi connectivity index (χ1) is 6.61. The Morgan fingerprint density at radius 2 is 2.29 bits per heavy atom. The summed E-state index contributed by atoms with van der Waals surface area (Å²) in [7, 11) is -1.85. The number of nitrogens with one attached hydrogen (secondary N) is 1. The van der Waals surface area contributed by atoms with E-state index in [1.54, 1.807) is 0 Å². The quantitative estimate of drug-likeness (QED) is 0.670. The molecule has 0 aromatic rings. The van der Waals surface area contributed by atoms with Gasteiger partial charge in [-0.05, 0) is 25.7 Å². The fourth-order valence-electron chi connectivity index (χ4n) is 1.86. The van der Waals surface area contributed by atoms with Gasteiger partial charge in [0.1, 0.15) is 0 Å². The van der Waals surface area contributed by atoms with Crippen LogP contribution in [0.1, 0.15) is 25.7 Å². The molecule has 0 bridgehead atoms. The molecule has 1 saturated heterocycles. The molecule has 1 aliphatic rings. The smallest absolute Gasteiger partial charge is 0.279 e. The first-order valence-electron chi connectivity index (χ1n) is 4.93. The molecule has 1 aliphatic heterocycles. The third kappa shape index (κ3) is 2.66. The number of aliphatic hydroxyl groups is 1. The van der Waals surface area contributed by atoms with Gasteiger partial charge >= 0.3 is 0 Å². The predicted octanol–water partition coefficient (Wildman–Crippen LogP) is -0.313. The van der Waals surface area contributed by atoms with Gasteiger partial charge in [0.2, 0.25) is 0 Å². The van der Waals surface area contributed by atoms with Crippen LogP contribution in [0.5, 0.6) is 0 Å². The zero-order valence-electron chi connectivity index (χ0n) is 8.44. The van der Waals surface area contributed by atoms with Gasteiger partial charge in [-0.25, -0.2) is 4.72 Å². The van der Waals surface area contributed by atoms with Gasteiger partial charge in [-0.2, -0.15) is 12.7 Å². The maximum absolute atomic E-state index is 11.5. The molecule has 1 atom stereocenters. The summed E-state index contributed by atoms with van der Waals surface area (Å²) in [6.07, 6.45) is 3.23. The molecule has 0 aromatic heterocycles. The lowest BCUT2D eigenvalue weighted by Gasteiger charge is -2.22. The number of hydrogen-bond acceptors (Lipinski definition) is 3. The van der Waals surface area contributed by atoms with Crippen molar-refractivity contribution < 1.29 is 13.5 Å². The maximum Gasteiger partial charge on any atom is 0.279 e. The molecule has 0 aliphatic carbocycles. The van der Waals surface area contributed by atoms with Crippen molar-refractivity contribution in [3.63, 3.8) is 0 Å². The third-order valence-corrected chi connectivity index (χ3v) is 4.20. The van der Waals surface area contributed by atoms with E-state index >= 15 is 0 Å². The van der Waals surface area contributed by atoms with E-state index in [9.17, 15) is 8.42 Å². The molecule has 1 heterocycles. The van der Waals surface area contributed by atoms with Crippen LogP contribution < -0.4 is 4.72 Å². The number of hydrogen-bond donors (Lipinski definition) is 2. The summed E-state index contributed by atoms with van der Waals surface area (Å²) in [5.74, 6) is 0. The minimum atomic E-state index is -3.28. The third-order valence-electron chi connectivity index (χ3n) is 2.59. The second-order valence-corrected chi connectivity index (χ2v) is 5.31. The molecule has 0 aromatic carbocycles. The van der Waals surface area contributed by atoms with Gasteiger partial charge < -0.3 is 5.11 Å². The second kappa shape index (κ2) is 5.06. The zero-order chi connectivity index (χ0) is 10.6. The van der Waals surface area contributed by atoms with Crippen LogP contribution in [0.2, 0.25) is 0 Å². The highest BCUT2D eigenvalue weighted by Gasteiger charge is 2.32. The molecule has 1 fully saturated rings. The molecular formula is C8H18N2O3S. The molecule has 0 saturated carbocycles. The largest absolute Gasteiger partial charge is 0.396 e. The summed E-state index contributed by atoms with van der Waals surface area (Å²) in [6.45, 7) is 0.725. The molecule has 84 valence electrons. The molecule has 1 unspecified atom stereocenters. The lowest BCUT2D eigenvalue weighted by atomic mass is 10.1.